The Morgan fingerprint density at radius 1 is 1.38 bits per heavy atom. The van der Waals surface area contributed by atoms with E-state index in [4.69, 9.17) is 0 Å². The first-order chi connectivity index (χ1) is 6.24. The van der Waals surface area contributed by atoms with Crippen LogP contribution in [0.5, 0.6) is 0 Å². The summed E-state index contributed by atoms with van der Waals surface area (Å²) in [5.74, 6) is 0.153. The van der Waals surface area contributed by atoms with Gasteiger partial charge in [0.05, 0.1) is 6.10 Å². The maximum Gasteiger partial charge on any atom is 0.0640 e. The van der Waals surface area contributed by atoms with E-state index in [1.54, 1.807) is 6.08 Å². The lowest BCUT2D eigenvalue weighted by atomic mass is 9.98. The van der Waals surface area contributed by atoms with Gasteiger partial charge < -0.3 is 5.11 Å². The first-order valence-electron chi connectivity index (χ1n) is 4.58. The lowest BCUT2D eigenvalue weighted by Crippen LogP contribution is -2.18. The molecular formula is C12H16O. The molecule has 1 rings (SSSR count). The number of benzene rings is 1. The molecule has 70 valence electrons. The fraction of sp³-hybridized carbons (Fsp3) is 0.333. The molecule has 0 aromatic heterocycles. The molecule has 0 bridgehead atoms. The molecule has 0 spiro atoms. The second-order valence-electron chi connectivity index (χ2n) is 3.35. The quantitative estimate of drug-likeness (QED) is 0.698. The second-order valence-corrected chi connectivity index (χ2v) is 3.35. The van der Waals surface area contributed by atoms with Crippen LogP contribution >= 0.6 is 0 Å². The molecule has 13 heavy (non-hydrogen) atoms. The Morgan fingerprint density at radius 2 is 2.00 bits per heavy atom. The minimum Gasteiger partial charge on any atom is -0.392 e. The van der Waals surface area contributed by atoms with Gasteiger partial charge in [0.25, 0.3) is 0 Å². The lowest BCUT2D eigenvalue weighted by Gasteiger charge is -2.14. The average molecular weight is 176 g/mol. The summed E-state index contributed by atoms with van der Waals surface area (Å²) in [4.78, 5) is 0. The summed E-state index contributed by atoms with van der Waals surface area (Å²) in [6, 6.07) is 10.0. The summed E-state index contributed by atoms with van der Waals surface area (Å²) in [7, 11) is 0. The molecule has 0 heterocycles. The summed E-state index contributed by atoms with van der Waals surface area (Å²) in [6.07, 6.45) is 2.17. The molecule has 0 fully saturated rings. The lowest BCUT2D eigenvalue weighted by molar-refractivity contribution is 0.138. The second kappa shape index (κ2) is 4.83. The van der Waals surface area contributed by atoms with E-state index in [9.17, 15) is 5.11 Å². The molecule has 2 atom stereocenters. The van der Waals surface area contributed by atoms with Crippen molar-refractivity contribution in [2.45, 2.75) is 19.4 Å². The van der Waals surface area contributed by atoms with Gasteiger partial charge in [0, 0.05) is 0 Å². The summed E-state index contributed by atoms with van der Waals surface area (Å²) < 4.78 is 0. The molecule has 1 aromatic carbocycles. The fourth-order valence-corrected chi connectivity index (χ4v) is 1.20. The zero-order chi connectivity index (χ0) is 9.68. The van der Waals surface area contributed by atoms with Crippen molar-refractivity contribution >= 4 is 0 Å². The molecule has 0 unspecified atom stereocenters. The van der Waals surface area contributed by atoms with E-state index in [-0.39, 0.29) is 12.0 Å². The number of aliphatic hydroxyl groups excluding tert-OH is 1. The van der Waals surface area contributed by atoms with Crippen LogP contribution in [0.4, 0.5) is 0 Å². The smallest absolute Gasteiger partial charge is 0.0640 e. The zero-order valence-corrected chi connectivity index (χ0v) is 7.98. The molecule has 1 heteroatoms. The highest BCUT2D eigenvalue weighted by atomic mass is 16.3. The van der Waals surface area contributed by atoms with Crippen LogP contribution in [-0.4, -0.2) is 11.2 Å². The van der Waals surface area contributed by atoms with Crippen LogP contribution in [-0.2, 0) is 6.42 Å². The van der Waals surface area contributed by atoms with Gasteiger partial charge in [0.2, 0.25) is 0 Å². The van der Waals surface area contributed by atoms with Crippen LogP contribution in [0.2, 0.25) is 0 Å². The molecule has 0 saturated carbocycles. The third-order valence-corrected chi connectivity index (χ3v) is 2.27. The van der Waals surface area contributed by atoms with Gasteiger partial charge in [-0.25, -0.2) is 0 Å². The third kappa shape index (κ3) is 3.03. The standard InChI is InChI=1S/C12H16O/c1-3-10(2)12(13)9-11-7-5-4-6-8-11/h3-8,10,12-13H,1,9H2,2H3/t10-,12-/m0/s1. The number of hydrogen-bond acceptors (Lipinski definition) is 1. The van der Waals surface area contributed by atoms with Crippen molar-refractivity contribution < 1.29 is 5.11 Å². The summed E-state index contributed by atoms with van der Waals surface area (Å²) in [5.41, 5.74) is 1.17. The van der Waals surface area contributed by atoms with Gasteiger partial charge in [-0.2, -0.15) is 0 Å². The Bertz CT molecular complexity index is 253. The molecule has 0 aliphatic heterocycles. The maximum absolute atomic E-state index is 9.70. The maximum atomic E-state index is 9.70. The molecule has 1 N–H and O–H groups in total. The predicted octanol–water partition coefficient (Wildman–Crippen LogP) is 2.41. The van der Waals surface area contributed by atoms with Crippen molar-refractivity contribution in [1.29, 1.82) is 0 Å². The highest BCUT2D eigenvalue weighted by molar-refractivity contribution is 5.15. The normalized spacial score (nSPS) is 14.9. The summed E-state index contributed by atoms with van der Waals surface area (Å²) >= 11 is 0. The van der Waals surface area contributed by atoms with Gasteiger partial charge in [-0.15, -0.1) is 6.58 Å². The summed E-state index contributed by atoms with van der Waals surface area (Å²) in [5, 5.41) is 9.70. The number of hydrogen-bond donors (Lipinski definition) is 1. The highest BCUT2D eigenvalue weighted by Gasteiger charge is 2.10. The van der Waals surface area contributed by atoms with Crippen molar-refractivity contribution in [2.24, 2.45) is 5.92 Å². The van der Waals surface area contributed by atoms with Crippen LogP contribution in [0, 0.1) is 5.92 Å². The van der Waals surface area contributed by atoms with Gasteiger partial charge in [-0.1, -0.05) is 43.3 Å². The van der Waals surface area contributed by atoms with Crippen molar-refractivity contribution in [3.8, 4) is 0 Å². The van der Waals surface area contributed by atoms with E-state index < -0.39 is 0 Å². The molecule has 0 radical (unpaired) electrons. The average Bonchev–Trinajstić information content (AvgIpc) is 2.18. The van der Waals surface area contributed by atoms with E-state index in [0.29, 0.717) is 6.42 Å². The Kier molecular flexibility index (Phi) is 3.71. The molecule has 0 aliphatic rings. The first-order valence-corrected chi connectivity index (χ1v) is 4.58. The molecule has 1 aromatic rings. The van der Waals surface area contributed by atoms with Crippen molar-refractivity contribution in [3.05, 3.63) is 48.6 Å². The van der Waals surface area contributed by atoms with E-state index >= 15 is 0 Å². The summed E-state index contributed by atoms with van der Waals surface area (Å²) in [6.45, 7) is 5.64. The fourth-order valence-electron chi connectivity index (χ4n) is 1.20. The van der Waals surface area contributed by atoms with Gasteiger partial charge >= 0.3 is 0 Å². The molecule has 1 nitrogen and oxygen atoms in total. The molecule has 0 amide bonds. The Morgan fingerprint density at radius 3 is 2.54 bits per heavy atom. The monoisotopic (exact) mass is 176 g/mol. The van der Waals surface area contributed by atoms with Crippen LogP contribution in [0.15, 0.2) is 43.0 Å². The van der Waals surface area contributed by atoms with Crippen LogP contribution in [0.25, 0.3) is 0 Å². The van der Waals surface area contributed by atoms with Crippen molar-refractivity contribution in [2.75, 3.05) is 0 Å². The highest BCUT2D eigenvalue weighted by Crippen LogP contribution is 2.10. The van der Waals surface area contributed by atoms with Crippen LogP contribution in [0.1, 0.15) is 12.5 Å². The van der Waals surface area contributed by atoms with Crippen molar-refractivity contribution in [1.82, 2.24) is 0 Å². The molecular weight excluding hydrogens is 160 g/mol. The zero-order valence-electron chi connectivity index (χ0n) is 7.98. The third-order valence-electron chi connectivity index (χ3n) is 2.27. The van der Waals surface area contributed by atoms with E-state index in [2.05, 4.69) is 6.58 Å². The predicted molar refractivity (Wildman–Crippen MR) is 55.5 cm³/mol. The van der Waals surface area contributed by atoms with Gasteiger partial charge in [0.1, 0.15) is 0 Å². The topological polar surface area (TPSA) is 20.2 Å². The number of rotatable bonds is 4. The van der Waals surface area contributed by atoms with E-state index in [1.165, 1.54) is 5.56 Å². The Hall–Kier alpha value is -1.08. The number of aliphatic hydroxyl groups is 1. The largest absolute Gasteiger partial charge is 0.392 e. The van der Waals surface area contributed by atoms with E-state index in [1.807, 2.05) is 37.3 Å². The van der Waals surface area contributed by atoms with Gasteiger partial charge in [-0.3, -0.25) is 0 Å². The molecule has 0 saturated heterocycles. The molecule has 0 aliphatic carbocycles. The van der Waals surface area contributed by atoms with Gasteiger partial charge in [0.15, 0.2) is 0 Å². The van der Waals surface area contributed by atoms with Gasteiger partial charge in [-0.05, 0) is 17.9 Å². The Labute approximate surface area is 79.7 Å². The minimum atomic E-state index is -0.320. The van der Waals surface area contributed by atoms with Crippen LogP contribution < -0.4 is 0 Å². The minimum absolute atomic E-state index is 0.153. The van der Waals surface area contributed by atoms with Crippen molar-refractivity contribution in [3.63, 3.8) is 0 Å². The SMILES string of the molecule is C=C[C@H](C)[C@@H](O)Cc1ccccc1. The first kappa shape index (κ1) is 10.0. The van der Waals surface area contributed by atoms with E-state index in [0.717, 1.165) is 0 Å². The van der Waals surface area contributed by atoms with Crippen LogP contribution in [0.3, 0.4) is 0 Å². The Balaban J connectivity index is 2.54.